The van der Waals surface area contributed by atoms with Crippen molar-refractivity contribution in [1.82, 2.24) is 10.2 Å². The van der Waals surface area contributed by atoms with E-state index in [1.165, 1.54) is 12.1 Å². The van der Waals surface area contributed by atoms with Crippen LogP contribution in [-0.2, 0) is 20.7 Å². The first-order valence-corrected chi connectivity index (χ1v) is 8.68. The normalized spacial score (nSPS) is 20.8. The Bertz CT molecular complexity index is 603. The van der Waals surface area contributed by atoms with Crippen LogP contribution in [0, 0.1) is 11.7 Å². The topological polar surface area (TPSA) is 58.6 Å². The molecule has 1 aliphatic rings. The van der Waals surface area contributed by atoms with Crippen molar-refractivity contribution in [3.63, 3.8) is 0 Å². The van der Waals surface area contributed by atoms with Crippen LogP contribution in [0.25, 0.3) is 0 Å². The largest absolute Gasteiger partial charge is 0.383 e. The third kappa shape index (κ3) is 5.01. The number of nitrogens with one attached hydrogen (secondary N) is 1. The first-order valence-electron chi connectivity index (χ1n) is 8.68. The molecule has 1 aliphatic heterocycles. The lowest BCUT2D eigenvalue weighted by atomic mass is 9.78. The number of rotatable bonds is 7. The second-order valence-electron chi connectivity index (χ2n) is 6.97. The van der Waals surface area contributed by atoms with Crippen molar-refractivity contribution in [3.05, 3.63) is 35.6 Å². The van der Waals surface area contributed by atoms with E-state index in [1.807, 2.05) is 0 Å². The second kappa shape index (κ2) is 8.43. The van der Waals surface area contributed by atoms with Crippen LogP contribution in [-0.4, -0.2) is 49.1 Å². The number of carbonyl (C=O) groups excluding carboxylic acids is 2. The Kier molecular flexibility index (Phi) is 6.53. The standard InChI is InChI=1S/C19H27FN2O3/c1-14(2)19(9-8-18(24)22(13-19)10-11-25-3)21-17(23)12-15-4-6-16(20)7-5-15/h4-7,14H,8-13H2,1-3H3,(H,21,23). The Morgan fingerprint density at radius 2 is 2.04 bits per heavy atom. The molecule has 1 heterocycles. The summed E-state index contributed by atoms with van der Waals surface area (Å²) in [6.45, 7) is 5.61. The van der Waals surface area contributed by atoms with Crippen molar-refractivity contribution >= 4 is 11.8 Å². The quantitative estimate of drug-likeness (QED) is 0.820. The number of nitrogens with zero attached hydrogens (tertiary/aromatic N) is 1. The summed E-state index contributed by atoms with van der Waals surface area (Å²) in [5.74, 6) is -0.146. The fourth-order valence-corrected chi connectivity index (χ4v) is 3.23. The van der Waals surface area contributed by atoms with Crippen LogP contribution in [0.2, 0.25) is 0 Å². The summed E-state index contributed by atoms with van der Waals surface area (Å²) in [5, 5.41) is 3.15. The van der Waals surface area contributed by atoms with Crippen LogP contribution in [0.3, 0.4) is 0 Å². The van der Waals surface area contributed by atoms with E-state index < -0.39 is 5.54 Å². The summed E-state index contributed by atoms with van der Waals surface area (Å²) in [6, 6.07) is 5.94. The van der Waals surface area contributed by atoms with Crippen LogP contribution in [0.15, 0.2) is 24.3 Å². The smallest absolute Gasteiger partial charge is 0.224 e. The molecule has 0 radical (unpaired) electrons. The van der Waals surface area contributed by atoms with Gasteiger partial charge in [0.2, 0.25) is 11.8 Å². The molecule has 0 aliphatic carbocycles. The molecule has 2 rings (SSSR count). The highest BCUT2D eigenvalue weighted by atomic mass is 19.1. The lowest BCUT2D eigenvalue weighted by Gasteiger charge is -2.46. The van der Waals surface area contributed by atoms with E-state index in [1.54, 1.807) is 24.1 Å². The molecular formula is C19H27FN2O3. The SMILES string of the molecule is COCCN1CC(NC(=O)Cc2ccc(F)cc2)(C(C)C)CCC1=O. The molecule has 25 heavy (non-hydrogen) atoms. The zero-order valence-corrected chi connectivity index (χ0v) is 15.2. The highest BCUT2D eigenvalue weighted by molar-refractivity contribution is 5.81. The summed E-state index contributed by atoms with van der Waals surface area (Å²) < 4.78 is 18.1. The van der Waals surface area contributed by atoms with Gasteiger partial charge < -0.3 is 15.0 Å². The number of carbonyl (C=O) groups is 2. The van der Waals surface area contributed by atoms with Crippen molar-refractivity contribution in [1.29, 1.82) is 0 Å². The average molecular weight is 350 g/mol. The van der Waals surface area contributed by atoms with Crippen LogP contribution in [0.1, 0.15) is 32.3 Å². The monoisotopic (exact) mass is 350 g/mol. The van der Waals surface area contributed by atoms with Gasteiger partial charge in [-0.15, -0.1) is 0 Å². The van der Waals surface area contributed by atoms with Gasteiger partial charge in [0.1, 0.15) is 5.82 Å². The van der Waals surface area contributed by atoms with E-state index in [2.05, 4.69) is 19.2 Å². The molecule has 0 saturated carbocycles. The Labute approximate surface area is 148 Å². The van der Waals surface area contributed by atoms with Crippen molar-refractivity contribution in [3.8, 4) is 0 Å². The predicted molar refractivity (Wildman–Crippen MR) is 93.5 cm³/mol. The lowest BCUT2D eigenvalue weighted by molar-refractivity contribution is -0.140. The summed E-state index contributed by atoms with van der Waals surface area (Å²) in [4.78, 5) is 26.5. The Morgan fingerprint density at radius 1 is 1.36 bits per heavy atom. The summed E-state index contributed by atoms with van der Waals surface area (Å²) in [5.41, 5.74) is 0.319. The maximum absolute atomic E-state index is 13.0. The van der Waals surface area contributed by atoms with Crippen LogP contribution >= 0.6 is 0 Å². The minimum absolute atomic E-state index is 0.0982. The van der Waals surface area contributed by atoms with Gasteiger partial charge in [-0.2, -0.15) is 0 Å². The van der Waals surface area contributed by atoms with Crippen molar-refractivity contribution in [2.75, 3.05) is 26.8 Å². The maximum Gasteiger partial charge on any atom is 0.224 e. The highest BCUT2D eigenvalue weighted by Gasteiger charge is 2.42. The van der Waals surface area contributed by atoms with Gasteiger partial charge in [0.15, 0.2) is 0 Å². The molecule has 0 aromatic heterocycles. The predicted octanol–water partition coefficient (Wildman–Crippen LogP) is 2.15. The molecule has 1 atom stereocenters. The number of likely N-dealkylation sites (tertiary alicyclic amines) is 1. The molecule has 6 heteroatoms. The van der Waals surface area contributed by atoms with Crippen LogP contribution < -0.4 is 5.32 Å². The fraction of sp³-hybridized carbons (Fsp3) is 0.579. The highest BCUT2D eigenvalue weighted by Crippen LogP contribution is 2.29. The van der Waals surface area contributed by atoms with Gasteiger partial charge in [0, 0.05) is 26.6 Å². The Hall–Kier alpha value is -1.95. The fourth-order valence-electron chi connectivity index (χ4n) is 3.23. The minimum Gasteiger partial charge on any atom is -0.383 e. The van der Waals surface area contributed by atoms with Crippen molar-refractivity contribution in [2.24, 2.45) is 5.92 Å². The van der Waals surface area contributed by atoms with Gasteiger partial charge in [0.25, 0.3) is 0 Å². The van der Waals surface area contributed by atoms with Crippen LogP contribution in [0.4, 0.5) is 4.39 Å². The lowest BCUT2D eigenvalue weighted by Crippen LogP contribution is -2.63. The first-order chi connectivity index (χ1) is 11.9. The number of piperidine rings is 1. The zero-order chi connectivity index (χ0) is 18.4. The molecule has 1 aromatic carbocycles. The molecule has 1 N–H and O–H groups in total. The summed E-state index contributed by atoms with van der Waals surface area (Å²) >= 11 is 0. The first kappa shape index (κ1) is 19.4. The minimum atomic E-state index is -0.446. The molecule has 138 valence electrons. The van der Waals surface area contributed by atoms with E-state index in [4.69, 9.17) is 4.74 Å². The van der Waals surface area contributed by atoms with E-state index >= 15 is 0 Å². The molecule has 0 spiro atoms. The zero-order valence-electron chi connectivity index (χ0n) is 15.2. The number of methoxy groups -OCH3 is 1. The molecule has 1 saturated heterocycles. The van der Waals surface area contributed by atoms with Gasteiger partial charge in [-0.3, -0.25) is 9.59 Å². The van der Waals surface area contributed by atoms with Gasteiger partial charge >= 0.3 is 0 Å². The molecule has 2 amide bonds. The third-order valence-corrected chi connectivity index (χ3v) is 4.95. The maximum atomic E-state index is 13.0. The number of ether oxygens (including phenoxy) is 1. The number of hydrogen-bond donors (Lipinski definition) is 1. The summed E-state index contributed by atoms with van der Waals surface area (Å²) in [7, 11) is 1.61. The van der Waals surface area contributed by atoms with Gasteiger partial charge in [0.05, 0.1) is 18.6 Å². The van der Waals surface area contributed by atoms with E-state index in [0.29, 0.717) is 32.5 Å². The van der Waals surface area contributed by atoms with Gasteiger partial charge in [-0.05, 0) is 30.0 Å². The Balaban J connectivity index is 2.06. The number of hydrogen-bond acceptors (Lipinski definition) is 3. The molecule has 1 fully saturated rings. The number of halogens is 1. The van der Waals surface area contributed by atoms with Crippen molar-refractivity contribution in [2.45, 2.75) is 38.6 Å². The van der Waals surface area contributed by atoms with E-state index in [9.17, 15) is 14.0 Å². The molecular weight excluding hydrogens is 323 g/mol. The third-order valence-electron chi connectivity index (χ3n) is 4.95. The second-order valence-corrected chi connectivity index (χ2v) is 6.97. The molecule has 0 bridgehead atoms. The number of benzene rings is 1. The number of amides is 2. The average Bonchev–Trinajstić information content (AvgIpc) is 2.57. The van der Waals surface area contributed by atoms with Crippen molar-refractivity contribution < 1.29 is 18.7 Å². The van der Waals surface area contributed by atoms with Gasteiger partial charge in [-0.1, -0.05) is 26.0 Å². The summed E-state index contributed by atoms with van der Waals surface area (Å²) in [6.07, 6.45) is 1.24. The molecule has 5 nitrogen and oxygen atoms in total. The van der Waals surface area contributed by atoms with E-state index in [-0.39, 0.29) is 30.0 Å². The van der Waals surface area contributed by atoms with Gasteiger partial charge in [-0.25, -0.2) is 4.39 Å². The molecule has 1 aromatic rings. The van der Waals surface area contributed by atoms with E-state index in [0.717, 1.165) is 5.56 Å². The Morgan fingerprint density at radius 3 is 2.64 bits per heavy atom. The molecule has 1 unspecified atom stereocenters. The van der Waals surface area contributed by atoms with Crippen LogP contribution in [0.5, 0.6) is 0 Å².